The summed E-state index contributed by atoms with van der Waals surface area (Å²) in [6.07, 6.45) is 9.98. The van der Waals surface area contributed by atoms with Crippen molar-refractivity contribution in [1.82, 2.24) is 10.2 Å². The molecule has 0 unspecified atom stereocenters. The third-order valence-corrected chi connectivity index (χ3v) is 4.85. The summed E-state index contributed by atoms with van der Waals surface area (Å²) >= 11 is 0. The molecule has 2 aliphatic rings. The molecule has 0 atom stereocenters. The first-order valence-corrected chi connectivity index (χ1v) is 7.24. The second-order valence-corrected chi connectivity index (χ2v) is 5.68. The smallest absolute Gasteiger partial charge is 0.00954 e. The summed E-state index contributed by atoms with van der Waals surface area (Å²) in [6.45, 7) is 5.00. The van der Waals surface area contributed by atoms with Gasteiger partial charge in [0.05, 0.1) is 0 Å². The van der Waals surface area contributed by atoms with E-state index >= 15 is 0 Å². The molecular weight excluding hydrogens is 196 g/mol. The van der Waals surface area contributed by atoms with E-state index in [0.717, 1.165) is 18.0 Å². The first-order valence-electron chi connectivity index (χ1n) is 7.24. The second kappa shape index (κ2) is 6.02. The molecule has 2 rings (SSSR count). The van der Waals surface area contributed by atoms with E-state index in [9.17, 15) is 0 Å². The fourth-order valence-corrected chi connectivity index (χ4v) is 3.47. The van der Waals surface area contributed by atoms with Crippen molar-refractivity contribution in [3.8, 4) is 0 Å². The largest absolute Gasteiger partial charge is 0.317 e. The van der Waals surface area contributed by atoms with Crippen LogP contribution in [0, 0.1) is 5.92 Å². The summed E-state index contributed by atoms with van der Waals surface area (Å²) in [5, 5.41) is 3.42. The lowest BCUT2D eigenvalue weighted by atomic mass is 9.83. The number of nitrogens with one attached hydrogen (secondary N) is 1. The van der Waals surface area contributed by atoms with Crippen LogP contribution in [-0.2, 0) is 0 Å². The zero-order chi connectivity index (χ0) is 11.4. The molecule has 0 spiro atoms. The molecular formula is C14H28N2. The van der Waals surface area contributed by atoms with Crippen molar-refractivity contribution in [3.05, 3.63) is 0 Å². The maximum absolute atomic E-state index is 3.42. The summed E-state index contributed by atoms with van der Waals surface area (Å²) in [6, 6.07) is 1.70. The van der Waals surface area contributed by atoms with Crippen LogP contribution in [-0.4, -0.2) is 37.1 Å². The highest BCUT2D eigenvalue weighted by Gasteiger charge is 2.27. The number of nitrogens with zero attached hydrogens (tertiary/aromatic N) is 1. The summed E-state index contributed by atoms with van der Waals surface area (Å²) in [5.41, 5.74) is 0. The number of piperidine rings is 1. The van der Waals surface area contributed by atoms with E-state index in [1.165, 1.54) is 58.0 Å². The molecule has 1 aliphatic heterocycles. The van der Waals surface area contributed by atoms with Crippen molar-refractivity contribution in [1.29, 1.82) is 0 Å². The van der Waals surface area contributed by atoms with Crippen LogP contribution in [0.15, 0.2) is 0 Å². The minimum absolute atomic E-state index is 0.781. The molecule has 2 heteroatoms. The monoisotopic (exact) mass is 224 g/mol. The SMILES string of the molecule is CCC1CCC(N2CCC(NC)CC2)CC1. The lowest BCUT2D eigenvalue weighted by Gasteiger charge is -2.40. The first-order chi connectivity index (χ1) is 7.83. The van der Waals surface area contributed by atoms with Gasteiger partial charge in [0.2, 0.25) is 0 Å². The van der Waals surface area contributed by atoms with E-state index in [1.807, 2.05) is 0 Å². The predicted octanol–water partition coefficient (Wildman–Crippen LogP) is 2.64. The molecule has 0 aromatic heterocycles. The molecule has 0 aromatic rings. The molecule has 1 saturated carbocycles. The fourth-order valence-electron chi connectivity index (χ4n) is 3.47. The average molecular weight is 224 g/mol. The topological polar surface area (TPSA) is 15.3 Å². The Kier molecular flexibility index (Phi) is 4.66. The van der Waals surface area contributed by atoms with Gasteiger partial charge in [-0.15, -0.1) is 0 Å². The number of likely N-dealkylation sites (tertiary alicyclic amines) is 1. The zero-order valence-corrected chi connectivity index (χ0v) is 11.0. The highest BCUT2D eigenvalue weighted by molar-refractivity contribution is 4.84. The Morgan fingerprint density at radius 1 is 1.00 bits per heavy atom. The Bertz CT molecular complexity index is 167. The fraction of sp³-hybridized carbons (Fsp3) is 1.00. The molecule has 2 nitrogen and oxygen atoms in total. The van der Waals surface area contributed by atoms with Crippen LogP contribution in [0.3, 0.4) is 0 Å². The normalized spacial score (nSPS) is 34.1. The highest BCUT2D eigenvalue weighted by atomic mass is 15.2. The quantitative estimate of drug-likeness (QED) is 0.793. The van der Waals surface area contributed by atoms with E-state index in [-0.39, 0.29) is 0 Å². The van der Waals surface area contributed by atoms with Gasteiger partial charge in [-0.25, -0.2) is 0 Å². The van der Waals surface area contributed by atoms with E-state index in [1.54, 1.807) is 0 Å². The summed E-state index contributed by atoms with van der Waals surface area (Å²) in [5.74, 6) is 1.03. The van der Waals surface area contributed by atoms with Crippen LogP contribution in [0.1, 0.15) is 51.9 Å². The first kappa shape index (κ1) is 12.4. The molecule has 2 fully saturated rings. The van der Waals surface area contributed by atoms with Crippen LogP contribution in [0.5, 0.6) is 0 Å². The van der Waals surface area contributed by atoms with Gasteiger partial charge >= 0.3 is 0 Å². The van der Waals surface area contributed by atoms with Crippen molar-refractivity contribution in [3.63, 3.8) is 0 Å². The van der Waals surface area contributed by atoms with Gasteiger partial charge in [0.25, 0.3) is 0 Å². The van der Waals surface area contributed by atoms with Crippen molar-refractivity contribution in [2.45, 2.75) is 64.0 Å². The molecule has 0 bridgehead atoms. The van der Waals surface area contributed by atoms with Crippen LogP contribution in [0.2, 0.25) is 0 Å². The standard InChI is InChI=1S/C14H28N2/c1-3-12-4-6-14(7-5-12)16-10-8-13(15-2)9-11-16/h12-15H,3-11H2,1-2H3. The lowest BCUT2D eigenvalue weighted by molar-refractivity contribution is 0.103. The van der Waals surface area contributed by atoms with Gasteiger partial charge in [0, 0.05) is 12.1 Å². The van der Waals surface area contributed by atoms with Crippen LogP contribution in [0.25, 0.3) is 0 Å². The molecule has 16 heavy (non-hydrogen) atoms. The van der Waals surface area contributed by atoms with Gasteiger partial charge < -0.3 is 10.2 Å². The van der Waals surface area contributed by atoms with Crippen molar-refractivity contribution < 1.29 is 0 Å². The molecule has 94 valence electrons. The van der Waals surface area contributed by atoms with Gasteiger partial charge in [-0.2, -0.15) is 0 Å². The summed E-state index contributed by atoms with van der Waals surface area (Å²) in [7, 11) is 2.10. The number of hydrogen-bond donors (Lipinski definition) is 1. The summed E-state index contributed by atoms with van der Waals surface area (Å²) < 4.78 is 0. The predicted molar refractivity (Wildman–Crippen MR) is 69.7 cm³/mol. The van der Waals surface area contributed by atoms with E-state index in [4.69, 9.17) is 0 Å². The minimum atomic E-state index is 0.781. The van der Waals surface area contributed by atoms with Crippen LogP contribution >= 0.6 is 0 Å². The minimum Gasteiger partial charge on any atom is -0.317 e. The Balaban J connectivity index is 1.73. The molecule has 1 saturated heterocycles. The average Bonchev–Trinajstić information content (AvgIpc) is 2.39. The molecule has 1 N–H and O–H groups in total. The Morgan fingerprint density at radius 3 is 2.12 bits per heavy atom. The molecule has 0 amide bonds. The third kappa shape index (κ3) is 2.98. The maximum Gasteiger partial charge on any atom is 0.00954 e. The molecule has 0 radical (unpaired) electrons. The van der Waals surface area contributed by atoms with E-state index in [0.29, 0.717) is 0 Å². The van der Waals surface area contributed by atoms with Crippen molar-refractivity contribution >= 4 is 0 Å². The van der Waals surface area contributed by atoms with Crippen LogP contribution < -0.4 is 5.32 Å². The summed E-state index contributed by atoms with van der Waals surface area (Å²) in [4.78, 5) is 2.76. The molecule has 1 heterocycles. The Morgan fingerprint density at radius 2 is 1.62 bits per heavy atom. The van der Waals surface area contributed by atoms with Crippen LogP contribution in [0.4, 0.5) is 0 Å². The number of hydrogen-bond acceptors (Lipinski definition) is 2. The van der Waals surface area contributed by atoms with Gasteiger partial charge in [-0.1, -0.05) is 13.3 Å². The van der Waals surface area contributed by atoms with Gasteiger partial charge in [0.1, 0.15) is 0 Å². The van der Waals surface area contributed by atoms with E-state index in [2.05, 4.69) is 24.2 Å². The third-order valence-electron chi connectivity index (χ3n) is 4.85. The maximum atomic E-state index is 3.42. The highest BCUT2D eigenvalue weighted by Crippen LogP contribution is 2.30. The Hall–Kier alpha value is -0.0800. The Labute approximate surface area is 101 Å². The van der Waals surface area contributed by atoms with Gasteiger partial charge in [-0.05, 0) is 64.6 Å². The molecule has 0 aromatic carbocycles. The second-order valence-electron chi connectivity index (χ2n) is 5.68. The van der Waals surface area contributed by atoms with Gasteiger partial charge in [-0.3, -0.25) is 0 Å². The zero-order valence-electron chi connectivity index (χ0n) is 11.0. The lowest BCUT2D eigenvalue weighted by Crippen LogP contribution is -2.46. The van der Waals surface area contributed by atoms with Crippen molar-refractivity contribution in [2.75, 3.05) is 20.1 Å². The molecule has 1 aliphatic carbocycles. The van der Waals surface area contributed by atoms with Gasteiger partial charge in [0.15, 0.2) is 0 Å². The van der Waals surface area contributed by atoms with Crippen molar-refractivity contribution in [2.24, 2.45) is 5.92 Å². The van der Waals surface area contributed by atoms with E-state index < -0.39 is 0 Å². The number of rotatable bonds is 3.